The summed E-state index contributed by atoms with van der Waals surface area (Å²) in [7, 11) is 0. The molecule has 0 aliphatic heterocycles. The average molecular weight is 346 g/mol. The van der Waals surface area contributed by atoms with Crippen LogP contribution >= 0.6 is 11.3 Å². The Morgan fingerprint density at radius 1 is 1.29 bits per heavy atom. The average Bonchev–Trinajstić information content (AvgIpc) is 2.92. The van der Waals surface area contributed by atoms with Crippen LogP contribution in [0.2, 0.25) is 0 Å². The van der Waals surface area contributed by atoms with Gasteiger partial charge < -0.3 is 5.32 Å². The van der Waals surface area contributed by atoms with Gasteiger partial charge in [0.1, 0.15) is 10.8 Å². The molecular formula is C17H19FN4OS. The maximum atomic E-state index is 13.1. The molecule has 7 heteroatoms. The summed E-state index contributed by atoms with van der Waals surface area (Å²) < 4.78 is 14.5. The maximum Gasteiger partial charge on any atom is 0.275 e. The molecule has 1 N–H and O–H groups in total. The molecule has 1 atom stereocenters. The molecule has 3 aromatic rings. The second kappa shape index (κ2) is 6.78. The number of rotatable bonds is 5. The van der Waals surface area contributed by atoms with Crippen molar-refractivity contribution < 1.29 is 4.39 Å². The first-order chi connectivity index (χ1) is 11.4. The van der Waals surface area contributed by atoms with Crippen molar-refractivity contribution in [2.75, 3.05) is 0 Å². The first-order valence-electron chi connectivity index (χ1n) is 7.79. The zero-order valence-electron chi connectivity index (χ0n) is 13.8. The van der Waals surface area contributed by atoms with E-state index in [1.807, 2.05) is 0 Å². The van der Waals surface area contributed by atoms with E-state index in [9.17, 15) is 9.18 Å². The highest BCUT2D eigenvalue weighted by Gasteiger charge is 2.16. The molecule has 0 spiro atoms. The summed E-state index contributed by atoms with van der Waals surface area (Å²) in [5.74, 6) is 0.0844. The number of fused-ring (bicyclic) bond motifs is 1. The zero-order chi connectivity index (χ0) is 17.3. The number of halogens is 1. The molecule has 0 amide bonds. The Kier molecular flexibility index (Phi) is 4.73. The molecule has 1 aromatic carbocycles. The molecule has 0 saturated carbocycles. The largest absolute Gasteiger partial charge is 0.303 e. The monoisotopic (exact) mass is 346 g/mol. The van der Waals surface area contributed by atoms with Crippen molar-refractivity contribution >= 4 is 16.3 Å². The van der Waals surface area contributed by atoms with Crippen LogP contribution in [0.5, 0.6) is 0 Å². The number of hydrogen-bond acceptors (Lipinski definition) is 5. The van der Waals surface area contributed by atoms with Gasteiger partial charge in [0.15, 0.2) is 0 Å². The Labute approximate surface area is 143 Å². The summed E-state index contributed by atoms with van der Waals surface area (Å²) >= 11 is 1.40. The summed E-state index contributed by atoms with van der Waals surface area (Å²) in [5, 5.41) is 8.57. The molecule has 126 valence electrons. The lowest BCUT2D eigenvalue weighted by atomic mass is 9.96. The molecule has 24 heavy (non-hydrogen) atoms. The first-order valence-corrected chi connectivity index (χ1v) is 8.61. The van der Waals surface area contributed by atoms with Gasteiger partial charge in [-0.25, -0.2) is 9.37 Å². The fourth-order valence-electron chi connectivity index (χ4n) is 2.64. The van der Waals surface area contributed by atoms with E-state index in [2.05, 4.69) is 29.2 Å². The van der Waals surface area contributed by atoms with E-state index in [1.165, 1.54) is 34.1 Å². The molecule has 1 unspecified atom stereocenters. The Hall–Kier alpha value is -2.12. The molecule has 0 fully saturated rings. The number of nitrogens with zero attached hydrogens (tertiary/aromatic N) is 3. The third-order valence-corrected chi connectivity index (χ3v) is 4.69. The van der Waals surface area contributed by atoms with Crippen molar-refractivity contribution in [2.24, 2.45) is 5.92 Å². The molecular weight excluding hydrogens is 327 g/mol. The van der Waals surface area contributed by atoms with Crippen LogP contribution in [0.4, 0.5) is 4.39 Å². The van der Waals surface area contributed by atoms with Gasteiger partial charge in [0.2, 0.25) is 4.96 Å². The number of nitrogens with one attached hydrogen (secondary N) is 1. The molecule has 2 aromatic heterocycles. The van der Waals surface area contributed by atoms with Crippen LogP contribution < -0.4 is 10.9 Å². The fraction of sp³-hybridized carbons (Fsp3) is 0.353. The van der Waals surface area contributed by atoms with E-state index in [0.29, 0.717) is 23.1 Å². The number of benzene rings is 1. The normalized spacial score (nSPS) is 12.9. The van der Waals surface area contributed by atoms with Crippen LogP contribution in [0.15, 0.2) is 35.1 Å². The van der Waals surface area contributed by atoms with Gasteiger partial charge in [0.05, 0.1) is 6.54 Å². The smallest absolute Gasteiger partial charge is 0.275 e. The lowest BCUT2D eigenvalue weighted by Crippen LogP contribution is -2.25. The summed E-state index contributed by atoms with van der Waals surface area (Å²) in [4.78, 5) is 16.9. The van der Waals surface area contributed by atoms with Crippen molar-refractivity contribution in [3.05, 3.63) is 62.8 Å². The summed E-state index contributed by atoms with van der Waals surface area (Å²) in [6.45, 7) is 6.53. The highest BCUT2D eigenvalue weighted by atomic mass is 32.1. The Morgan fingerprint density at radius 2 is 2.00 bits per heavy atom. The molecule has 0 aliphatic carbocycles. The topological polar surface area (TPSA) is 59.3 Å². The van der Waals surface area contributed by atoms with Crippen molar-refractivity contribution in [1.29, 1.82) is 0 Å². The van der Waals surface area contributed by atoms with Gasteiger partial charge in [-0.3, -0.25) is 4.79 Å². The van der Waals surface area contributed by atoms with Crippen molar-refractivity contribution in [3.8, 4) is 0 Å². The minimum atomic E-state index is -0.242. The predicted octanol–water partition coefficient (Wildman–Crippen LogP) is 3.09. The van der Waals surface area contributed by atoms with E-state index >= 15 is 0 Å². The van der Waals surface area contributed by atoms with Crippen molar-refractivity contribution in [3.63, 3.8) is 0 Å². The molecule has 2 heterocycles. The molecule has 0 saturated heterocycles. The second-order valence-electron chi connectivity index (χ2n) is 6.08. The van der Waals surface area contributed by atoms with Gasteiger partial charge in [0, 0.05) is 17.8 Å². The minimum absolute atomic E-state index is 0.0732. The van der Waals surface area contributed by atoms with Crippen molar-refractivity contribution in [2.45, 2.75) is 33.4 Å². The van der Waals surface area contributed by atoms with E-state index in [0.717, 1.165) is 10.6 Å². The van der Waals surface area contributed by atoms with Gasteiger partial charge in [-0.2, -0.15) is 9.61 Å². The summed E-state index contributed by atoms with van der Waals surface area (Å²) in [6.07, 6.45) is 0. The van der Waals surface area contributed by atoms with Crippen LogP contribution in [0.3, 0.4) is 0 Å². The highest BCUT2D eigenvalue weighted by Crippen LogP contribution is 2.23. The molecule has 0 bridgehead atoms. The van der Waals surface area contributed by atoms with Crippen LogP contribution in [-0.2, 0) is 6.54 Å². The molecule has 5 nitrogen and oxygen atoms in total. The minimum Gasteiger partial charge on any atom is -0.303 e. The quantitative estimate of drug-likeness (QED) is 0.771. The molecule has 3 rings (SSSR count). The van der Waals surface area contributed by atoms with Crippen LogP contribution in [0.1, 0.15) is 36.2 Å². The lowest BCUT2D eigenvalue weighted by molar-refractivity contribution is 0.409. The second-order valence-corrected chi connectivity index (χ2v) is 7.12. The van der Waals surface area contributed by atoms with E-state index in [1.54, 1.807) is 19.1 Å². The van der Waals surface area contributed by atoms with E-state index < -0.39 is 0 Å². The molecule has 0 radical (unpaired) electrons. The van der Waals surface area contributed by atoms with Gasteiger partial charge in [-0.05, 0) is 30.5 Å². The van der Waals surface area contributed by atoms with Gasteiger partial charge in [0.25, 0.3) is 5.56 Å². The standard InChI is InChI=1S/C17H19FN4OS/c1-10(2)16(12-4-6-13(18)7-5-12)19-9-14-21-22-15(23)8-11(3)20-17(22)24-14/h4-8,10,16,19H,9H2,1-3H3. The predicted molar refractivity (Wildman–Crippen MR) is 92.7 cm³/mol. The van der Waals surface area contributed by atoms with E-state index in [-0.39, 0.29) is 17.4 Å². The Balaban J connectivity index is 1.81. The number of aromatic nitrogens is 3. The number of hydrogen-bond donors (Lipinski definition) is 1. The lowest BCUT2D eigenvalue weighted by Gasteiger charge is -2.22. The number of aryl methyl sites for hydroxylation is 1. The first kappa shape index (κ1) is 16.7. The summed E-state index contributed by atoms with van der Waals surface area (Å²) in [6, 6.07) is 8.07. The SMILES string of the molecule is Cc1cc(=O)n2nc(CNC(c3ccc(F)cc3)C(C)C)sc2n1. The Bertz CT molecular complexity index is 901. The van der Waals surface area contributed by atoms with Gasteiger partial charge in [-0.1, -0.05) is 37.3 Å². The summed E-state index contributed by atoms with van der Waals surface area (Å²) in [5.41, 5.74) is 1.55. The van der Waals surface area contributed by atoms with Crippen molar-refractivity contribution in [1.82, 2.24) is 19.9 Å². The Morgan fingerprint density at radius 3 is 2.67 bits per heavy atom. The van der Waals surface area contributed by atoms with Crippen LogP contribution in [0, 0.1) is 18.7 Å². The third kappa shape index (κ3) is 3.52. The highest BCUT2D eigenvalue weighted by molar-refractivity contribution is 7.16. The van der Waals surface area contributed by atoms with Gasteiger partial charge in [-0.15, -0.1) is 0 Å². The third-order valence-electron chi connectivity index (χ3n) is 3.78. The maximum absolute atomic E-state index is 13.1. The fourth-order valence-corrected chi connectivity index (χ4v) is 3.53. The van der Waals surface area contributed by atoms with Crippen LogP contribution in [-0.4, -0.2) is 14.6 Å². The van der Waals surface area contributed by atoms with E-state index in [4.69, 9.17) is 0 Å². The zero-order valence-corrected chi connectivity index (χ0v) is 14.6. The molecule has 0 aliphatic rings. The van der Waals surface area contributed by atoms with Gasteiger partial charge >= 0.3 is 0 Å². The van der Waals surface area contributed by atoms with Crippen LogP contribution in [0.25, 0.3) is 4.96 Å².